The van der Waals surface area contributed by atoms with Gasteiger partial charge < -0.3 is 37.0 Å². The molecule has 0 spiro atoms. The van der Waals surface area contributed by atoms with Crippen LogP contribution in [0.3, 0.4) is 0 Å². The molecule has 0 heterocycles. The van der Waals surface area contributed by atoms with E-state index in [1.165, 1.54) is 46.0 Å². The summed E-state index contributed by atoms with van der Waals surface area (Å²) in [5.74, 6) is -1.38. The fraction of sp³-hybridized carbons (Fsp3) is 0.185. The van der Waals surface area contributed by atoms with Crippen LogP contribution in [0.4, 0.5) is 0 Å². The average Bonchev–Trinajstić information content (AvgIpc) is 3.33. The number of carbonyl (C=O) groups is 3. The highest BCUT2D eigenvalue weighted by Gasteiger charge is 2.44. The predicted octanol–water partition coefficient (Wildman–Crippen LogP) is 7.57. The lowest BCUT2D eigenvalue weighted by molar-refractivity contribution is -0.136. The summed E-state index contributed by atoms with van der Waals surface area (Å²) in [4.78, 5) is 31.6. The number of esters is 2. The van der Waals surface area contributed by atoms with Gasteiger partial charge in [0.2, 0.25) is 0 Å². The van der Waals surface area contributed by atoms with E-state index in [-0.39, 0.29) is 28.9 Å². The topological polar surface area (TPSA) is 112 Å². The van der Waals surface area contributed by atoms with Crippen LogP contribution in [0.2, 0.25) is 0 Å². The number of allylic oxidation sites excluding steroid dienone is 2. The van der Waals surface area contributed by atoms with Crippen LogP contribution in [0.15, 0.2) is 205 Å². The standard InChI is InChI=1S/C24H24O2P.C18H15P.C6H9BrO2.C4H8N.C2H4O2.BrH/c1-20(24(25)26-2)18-19-27(21-12-6-3-7-13-21,22-14-8-4-9-15-22)23-16-10-5-11-17-23;1-4-10-16(11-5-1)19(17-12-6-2-7-13-17)18-14-8-3-9-15-18;1-5(3-4-7)6(8)9-2;1-3-4(2)5;1-2(3)4;/h3-18H,19H2,1-2H3;1-15H;3H,4H2,1-2H3;3H2,1-2H3;1H3,(H,3,4);1H/q+1;;;-1;;/p-1/b20-18+;;5-3+;;;. The number of halogens is 2. The van der Waals surface area contributed by atoms with E-state index < -0.39 is 21.2 Å². The summed E-state index contributed by atoms with van der Waals surface area (Å²) in [6, 6.07) is 64.2. The first-order valence-electron chi connectivity index (χ1n) is 20.6. The molecule has 0 aliphatic carbocycles. The molecule has 0 aliphatic rings. The zero-order valence-corrected chi connectivity index (χ0v) is 43.1. The van der Waals surface area contributed by atoms with Crippen LogP contribution in [0.1, 0.15) is 41.0 Å². The van der Waals surface area contributed by atoms with E-state index >= 15 is 0 Å². The molecule has 11 heteroatoms. The normalized spacial score (nSPS) is 10.5. The Hall–Kier alpha value is -5.30. The summed E-state index contributed by atoms with van der Waals surface area (Å²) in [5.41, 5.74) is 1.78. The summed E-state index contributed by atoms with van der Waals surface area (Å²) in [7, 11) is 0.406. The van der Waals surface area contributed by atoms with Crippen LogP contribution >= 0.6 is 31.1 Å². The maximum absolute atomic E-state index is 12.0. The quantitative estimate of drug-likeness (QED) is 0.0446. The summed E-state index contributed by atoms with van der Waals surface area (Å²) in [6.45, 7) is 8.23. The molecule has 0 saturated carbocycles. The van der Waals surface area contributed by atoms with E-state index in [1.54, 1.807) is 19.9 Å². The minimum Gasteiger partial charge on any atom is -1.00 e. The Morgan fingerprint density at radius 3 is 1.03 bits per heavy atom. The number of carbonyl (C=O) groups excluding carboxylic acids is 2. The summed E-state index contributed by atoms with van der Waals surface area (Å²) in [6.07, 6.45) is 5.34. The van der Waals surface area contributed by atoms with Crippen molar-refractivity contribution < 1.29 is 45.9 Å². The van der Waals surface area contributed by atoms with Gasteiger partial charge in [-0.3, -0.25) is 4.79 Å². The Labute approximate surface area is 407 Å². The highest BCUT2D eigenvalue weighted by atomic mass is 79.9. The van der Waals surface area contributed by atoms with E-state index in [2.05, 4.69) is 184 Å². The van der Waals surface area contributed by atoms with Crippen LogP contribution in [-0.4, -0.2) is 54.4 Å². The monoisotopic (exact) mass is 1040 g/mol. The van der Waals surface area contributed by atoms with E-state index in [0.29, 0.717) is 22.2 Å². The van der Waals surface area contributed by atoms with Crippen LogP contribution in [-0.2, 0) is 23.9 Å². The summed E-state index contributed by atoms with van der Waals surface area (Å²) >= 11 is 3.16. The molecule has 65 heavy (non-hydrogen) atoms. The third-order valence-corrected chi connectivity index (χ3v) is 16.3. The number of ether oxygens (including phenoxy) is 2. The molecule has 0 amide bonds. The molecule has 6 aromatic rings. The molecule has 0 unspecified atom stereocenters. The minimum absolute atomic E-state index is 0. The molecular formula is C54H60Br2NO6P2-. The Morgan fingerprint density at radius 1 is 0.554 bits per heavy atom. The second-order valence-corrected chi connectivity index (χ2v) is 20.3. The first-order chi connectivity index (χ1) is 30.9. The number of carboxylic acids is 1. The lowest BCUT2D eigenvalue weighted by Crippen LogP contribution is -3.00. The first kappa shape index (κ1) is 57.7. The molecule has 0 saturated heterocycles. The molecule has 1 N–H and O–H groups in total. The van der Waals surface area contributed by atoms with Crippen molar-refractivity contribution in [3.05, 3.63) is 211 Å². The van der Waals surface area contributed by atoms with Crippen LogP contribution < -0.4 is 48.8 Å². The van der Waals surface area contributed by atoms with Gasteiger partial charge in [-0.15, -0.1) is 0 Å². The largest absolute Gasteiger partial charge is 1.00 e. The summed E-state index contributed by atoms with van der Waals surface area (Å²) in [5, 5.41) is 24.5. The van der Waals surface area contributed by atoms with E-state index in [1.807, 2.05) is 38.1 Å². The van der Waals surface area contributed by atoms with Crippen LogP contribution in [0.25, 0.3) is 5.41 Å². The van der Waals surface area contributed by atoms with Crippen molar-refractivity contribution in [2.45, 2.75) is 41.0 Å². The summed E-state index contributed by atoms with van der Waals surface area (Å²) < 4.78 is 9.34. The third-order valence-electron chi connectivity index (χ3n) is 9.22. The molecular weight excluding hydrogens is 980 g/mol. The van der Waals surface area contributed by atoms with E-state index in [4.69, 9.17) is 20.0 Å². The molecule has 0 radical (unpaired) electrons. The number of alkyl halides is 1. The first-order valence-corrected chi connectivity index (χ1v) is 25.1. The van der Waals surface area contributed by atoms with Crippen molar-refractivity contribution in [2.75, 3.05) is 25.7 Å². The average molecular weight is 1040 g/mol. The number of aliphatic carboxylic acids is 1. The maximum atomic E-state index is 12.0. The number of carboxylic acid groups (broad SMARTS) is 1. The fourth-order valence-electron chi connectivity index (χ4n) is 5.87. The minimum atomic E-state index is -1.94. The number of hydrogen-bond donors (Lipinski definition) is 1. The second-order valence-electron chi connectivity index (χ2n) is 13.9. The van der Waals surface area contributed by atoms with Crippen molar-refractivity contribution in [2.24, 2.45) is 0 Å². The van der Waals surface area contributed by atoms with Gasteiger partial charge in [-0.25, -0.2) is 15.3 Å². The smallest absolute Gasteiger partial charge is 0.333 e. The molecule has 6 aromatic carbocycles. The van der Waals surface area contributed by atoms with Gasteiger partial charge in [-0.1, -0.05) is 188 Å². The Balaban J connectivity index is 0.000000480. The molecule has 0 aliphatic heterocycles. The molecule has 0 aromatic heterocycles. The maximum Gasteiger partial charge on any atom is 0.333 e. The number of benzene rings is 6. The van der Waals surface area contributed by atoms with E-state index in [9.17, 15) is 9.59 Å². The van der Waals surface area contributed by atoms with Crippen molar-refractivity contribution >= 4 is 86.6 Å². The Kier molecular flexibility index (Phi) is 29.5. The van der Waals surface area contributed by atoms with Gasteiger partial charge in [-0.05, 0) is 80.2 Å². The third kappa shape index (κ3) is 20.6. The number of hydrogen-bond acceptors (Lipinski definition) is 5. The van der Waals surface area contributed by atoms with Crippen molar-refractivity contribution in [1.29, 1.82) is 0 Å². The number of methoxy groups -OCH3 is 2. The zero-order chi connectivity index (χ0) is 47.2. The Morgan fingerprint density at radius 2 is 0.800 bits per heavy atom. The van der Waals surface area contributed by atoms with Crippen LogP contribution in [0.5, 0.6) is 0 Å². The highest BCUT2D eigenvalue weighted by molar-refractivity contribution is 9.09. The van der Waals surface area contributed by atoms with Gasteiger partial charge in [0.25, 0.3) is 5.97 Å². The SMILES string of the molecule is CC(=O)O.CCC(C)=[N-].COC(=O)/C(C)=C/CBr.COC(=O)/C(C)=C/C[P+](c1ccccc1)(c1ccccc1)c1ccccc1.[Br-].c1ccc(P(c2ccccc2)c2ccccc2)cc1. The predicted molar refractivity (Wildman–Crippen MR) is 278 cm³/mol. The van der Waals surface area contributed by atoms with Gasteiger partial charge in [0.05, 0.1) is 20.4 Å². The van der Waals surface area contributed by atoms with Gasteiger partial charge in [0.1, 0.15) is 23.2 Å². The van der Waals surface area contributed by atoms with Gasteiger partial charge in [0.15, 0.2) is 0 Å². The second kappa shape index (κ2) is 33.2. The van der Waals surface area contributed by atoms with Gasteiger partial charge in [0, 0.05) is 23.4 Å². The molecule has 342 valence electrons. The molecule has 6 rings (SSSR count). The van der Waals surface area contributed by atoms with Crippen molar-refractivity contribution in [3.8, 4) is 0 Å². The molecule has 0 bridgehead atoms. The number of rotatable bonds is 12. The lowest BCUT2D eigenvalue weighted by Gasteiger charge is -2.26. The number of nitrogens with zero attached hydrogens (tertiary/aromatic N) is 1. The fourth-order valence-corrected chi connectivity index (χ4v) is 12.8. The highest BCUT2D eigenvalue weighted by Crippen LogP contribution is 2.55. The van der Waals surface area contributed by atoms with Gasteiger partial charge in [-0.2, -0.15) is 0 Å². The molecule has 7 nitrogen and oxygen atoms in total. The molecule has 0 atom stereocenters. The van der Waals surface area contributed by atoms with Gasteiger partial charge >= 0.3 is 11.9 Å². The van der Waals surface area contributed by atoms with Crippen molar-refractivity contribution in [3.63, 3.8) is 0 Å². The van der Waals surface area contributed by atoms with Crippen LogP contribution in [0, 0.1) is 0 Å². The molecule has 0 fully saturated rings. The zero-order valence-electron chi connectivity index (χ0n) is 38.2. The van der Waals surface area contributed by atoms with E-state index in [0.717, 1.165) is 19.5 Å². The van der Waals surface area contributed by atoms with Crippen molar-refractivity contribution in [1.82, 2.24) is 0 Å². The lowest BCUT2D eigenvalue weighted by atomic mass is 10.3. The Bertz CT molecular complexity index is 2120.